The van der Waals surface area contributed by atoms with Gasteiger partial charge in [0.05, 0.1) is 5.41 Å². The summed E-state index contributed by atoms with van der Waals surface area (Å²) in [6.45, 7) is 6.85. The maximum Gasteiger partial charge on any atom is 0.154 e. The number of benzene rings is 2. The minimum atomic E-state index is -1.59. The predicted molar refractivity (Wildman–Crippen MR) is 125 cm³/mol. The zero-order chi connectivity index (χ0) is 20.7. The fourth-order valence-electron chi connectivity index (χ4n) is 4.71. The Morgan fingerprint density at radius 1 is 0.897 bits per heavy atom. The Labute approximate surface area is 177 Å². The van der Waals surface area contributed by atoms with E-state index < -0.39 is 13.5 Å². The summed E-state index contributed by atoms with van der Waals surface area (Å²) >= 11 is 0. The van der Waals surface area contributed by atoms with Gasteiger partial charge in [-0.1, -0.05) is 87.4 Å². The molecule has 29 heavy (non-hydrogen) atoms. The number of hydrogen-bond donors (Lipinski definition) is 0. The number of carbonyl (C=O) groups excluding carboxylic acids is 1. The van der Waals surface area contributed by atoms with Crippen LogP contribution in [-0.2, 0) is 17.6 Å². The standard InChI is InChI=1S/C27H34OSi/c1-4-29(5-2,6-3)20-19-27(22-24-15-11-8-12-16-24)18-17-25(26(27)28)21-23-13-9-7-10-14-23/h7-16,25H,4-6,17-18,21-22H2,1-3H3. The van der Waals surface area contributed by atoms with Crippen LogP contribution in [0, 0.1) is 22.8 Å². The lowest BCUT2D eigenvalue weighted by molar-refractivity contribution is -0.126. The van der Waals surface area contributed by atoms with Crippen LogP contribution in [0.5, 0.6) is 0 Å². The topological polar surface area (TPSA) is 17.1 Å². The highest BCUT2D eigenvalue weighted by molar-refractivity contribution is 6.87. The molecule has 2 aromatic carbocycles. The van der Waals surface area contributed by atoms with Crippen LogP contribution in [0.2, 0.25) is 18.1 Å². The molecule has 152 valence electrons. The second-order valence-electron chi connectivity index (χ2n) is 8.63. The minimum absolute atomic E-state index is 0.0939. The van der Waals surface area contributed by atoms with Gasteiger partial charge in [0.25, 0.3) is 0 Å². The van der Waals surface area contributed by atoms with Crippen LogP contribution < -0.4 is 0 Å². The van der Waals surface area contributed by atoms with E-state index in [9.17, 15) is 4.79 Å². The molecule has 1 aliphatic carbocycles. The largest absolute Gasteiger partial charge is 0.298 e. The van der Waals surface area contributed by atoms with E-state index in [1.807, 2.05) is 12.1 Å². The van der Waals surface area contributed by atoms with Crippen molar-refractivity contribution < 1.29 is 4.79 Å². The van der Waals surface area contributed by atoms with E-state index in [0.717, 1.165) is 25.7 Å². The Morgan fingerprint density at radius 3 is 2.00 bits per heavy atom. The molecule has 1 fully saturated rings. The van der Waals surface area contributed by atoms with Gasteiger partial charge in [-0.2, -0.15) is 0 Å². The van der Waals surface area contributed by atoms with Gasteiger partial charge in [0.2, 0.25) is 0 Å². The Bertz CT molecular complexity index is 849. The van der Waals surface area contributed by atoms with E-state index in [0.29, 0.717) is 5.78 Å². The van der Waals surface area contributed by atoms with Crippen molar-refractivity contribution in [2.24, 2.45) is 11.3 Å². The molecule has 0 aromatic heterocycles. The van der Waals surface area contributed by atoms with Gasteiger partial charge in [0.1, 0.15) is 8.07 Å². The number of ketones is 1. The average Bonchev–Trinajstić information content (AvgIpc) is 3.07. The van der Waals surface area contributed by atoms with Gasteiger partial charge in [-0.3, -0.25) is 4.79 Å². The molecule has 0 heterocycles. The van der Waals surface area contributed by atoms with E-state index in [1.54, 1.807) is 0 Å². The first-order chi connectivity index (χ1) is 14.1. The van der Waals surface area contributed by atoms with Gasteiger partial charge in [0.15, 0.2) is 5.78 Å². The molecule has 0 amide bonds. The molecular weight excluding hydrogens is 368 g/mol. The molecule has 2 heteroatoms. The van der Waals surface area contributed by atoms with Crippen molar-refractivity contribution in [1.29, 1.82) is 0 Å². The Hall–Kier alpha value is -2.11. The van der Waals surface area contributed by atoms with Crippen LogP contribution in [0.1, 0.15) is 44.7 Å². The van der Waals surface area contributed by atoms with Crippen molar-refractivity contribution in [3.05, 3.63) is 71.8 Å². The molecule has 0 N–H and O–H groups in total. The summed E-state index contributed by atoms with van der Waals surface area (Å²) in [7, 11) is -1.59. The molecule has 3 rings (SSSR count). The predicted octanol–water partition coefficient (Wildman–Crippen LogP) is 6.49. The number of carbonyl (C=O) groups is 1. The maximum atomic E-state index is 13.7. The average molecular weight is 403 g/mol. The molecule has 2 aromatic rings. The minimum Gasteiger partial charge on any atom is -0.298 e. The van der Waals surface area contributed by atoms with Gasteiger partial charge in [-0.05, 0) is 54.9 Å². The van der Waals surface area contributed by atoms with E-state index in [2.05, 4.69) is 80.8 Å². The van der Waals surface area contributed by atoms with Crippen LogP contribution in [0.25, 0.3) is 0 Å². The molecule has 0 saturated heterocycles. The summed E-state index contributed by atoms with van der Waals surface area (Å²) in [5.41, 5.74) is 5.75. The normalized spacial score (nSPS) is 21.6. The number of rotatable bonds is 7. The highest BCUT2D eigenvalue weighted by Crippen LogP contribution is 2.42. The van der Waals surface area contributed by atoms with Gasteiger partial charge in [0, 0.05) is 5.92 Å². The second kappa shape index (κ2) is 9.59. The summed E-state index contributed by atoms with van der Waals surface area (Å²) in [6, 6.07) is 24.4. The molecule has 2 atom stereocenters. The zero-order valence-electron chi connectivity index (χ0n) is 18.2. The molecule has 0 bridgehead atoms. The van der Waals surface area contributed by atoms with Crippen molar-refractivity contribution in [2.45, 2.75) is 64.6 Å². The van der Waals surface area contributed by atoms with Gasteiger partial charge in [-0.15, -0.1) is 5.54 Å². The third-order valence-electron chi connectivity index (χ3n) is 7.03. The molecular formula is C27H34OSi. The fourth-order valence-corrected chi connectivity index (χ4v) is 7.25. The highest BCUT2D eigenvalue weighted by atomic mass is 28.3. The SMILES string of the molecule is CC[Si](C#CC1(Cc2ccccc2)CCC(Cc2ccccc2)C1=O)(CC)CC. The first-order valence-corrected chi connectivity index (χ1v) is 13.8. The highest BCUT2D eigenvalue weighted by Gasteiger charge is 2.46. The summed E-state index contributed by atoms with van der Waals surface area (Å²) in [6.07, 6.45) is 3.45. The first kappa shape index (κ1) is 21.6. The Morgan fingerprint density at radius 2 is 1.45 bits per heavy atom. The van der Waals surface area contributed by atoms with Crippen LogP contribution in [-0.4, -0.2) is 13.9 Å². The van der Waals surface area contributed by atoms with Gasteiger partial charge >= 0.3 is 0 Å². The molecule has 0 radical (unpaired) electrons. The smallest absolute Gasteiger partial charge is 0.154 e. The molecule has 1 nitrogen and oxygen atoms in total. The van der Waals surface area contributed by atoms with Crippen molar-refractivity contribution in [3.63, 3.8) is 0 Å². The van der Waals surface area contributed by atoms with Crippen molar-refractivity contribution in [1.82, 2.24) is 0 Å². The molecule has 2 unspecified atom stereocenters. The van der Waals surface area contributed by atoms with Crippen LogP contribution in [0.15, 0.2) is 60.7 Å². The van der Waals surface area contributed by atoms with E-state index in [4.69, 9.17) is 0 Å². The first-order valence-electron chi connectivity index (χ1n) is 11.2. The molecule has 1 saturated carbocycles. The zero-order valence-corrected chi connectivity index (χ0v) is 19.2. The Balaban J connectivity index is 1.93. The molecule has 1 aliphatic rings. The monoisotopic (exact) mass is 402 g/mol. The maximum absolute atomic E-state index is 13.7. The third kappa shape index (κ3) is 4.90. The summed E-state index contributed by atoms with van der Waals surface area (Å²) < 4.78 is 0. The second-order valence-corrected chi connectivity index (χ2v) is 13.6. The molecule has 0 spiro atoms. The summed E-state index contributed by atoms with van der Waals surface area (Å²) in [5.74, 6) is 4.14. The number of hydrogen-bond acceptors (Lipinski definition) is 1. The Kier molecular flexibility index (Phi) is 7.14. The van der Waals surface area contributed by atoms with E-state index in [-0.39, 0.29) is 5.92 Å². The molecule has 0 aliphatic heterocycles. The quantitative estimate of drug-likeness (QED) is 0.382. The van der Waals surface area contributed by atoms with Crippen LogP contribution in [0.4, 0.5) is 0 Å². The lowest BCUT2D eigenvalue weighted by atomic mass is 9.78. The van der Waals surface area contributed by atoms with Crippen molar-refractivity contribution >= 4 is 13.9 Å². The number of Topliss-reactive ketones (excluding diaryl/α,β-unsaturated/α-hetero) is 1. The fraction of sp³-hybridized carbons (Fsp3) is 0.444. The lowest BCUT2D eigenvalue weighted by Crippen LogP contribution is -2.34. The lowest BCUT2D eigenvalue weighted by Gasteiger charge is -2.25. The van der Waals surface area contributed by atoms with Gasteiger partial charge in [-0.25, -0.2) is 0 Å². The van der Waals surface area contributed by atoms with Crippen molar-refractivity contribution in [2.75, 3.05) is 0 Å². The van der Waals surface area contributed by atoms with E-state index in [1.165, 1.54) is 29.3 Å². The summed E-state index contributed by atoms with van der Waals surface area (Å²) in [5, 5.41) is 0. The third-order valence-corrected chi connectivity index (χ3v) is 11.7. The van der Waals surface area contributed by atoms with Gasteiger partial charge < -0.3 is 0 Å². The van der Waals surface area contributed by atoms with Crippen LogP contribution in [0.3, 0.4) is 0 Å². The summed E-state index contributed by atoms with van der Waals surface area (Å²) in [4.78, 5) is 13.7. The van der Waals surface area contributed by atoms with E-state index >= 15 is 0 Å². The van der Waals surface area contributed by atoms with Crippen molar-refractivity contribution in [3.8, 4) is 11.5 Å². The van der Waals surface area contributed by atoms with Crippen LogP contribution >= 0.6 is 0 Å².